The topological polar surface area (TPSA) is 234 Å². The summed E-state index contributed by atoms with van der Waals surface area (Å²) in [5.41, 5.74) is 0. The number of nitrogens with zero attached hydrogens (tertiary/aromatic N) is 1. The molecule has 17 heteroatoms. The first-order chi connectivity index (χ1) is 13.9. The first-order valence-corrected chi connectivity index (χ1v) is 9.98. The Morgan fingerprint density at radius 1 is 1.16 bits per heavy atom. The van der Waals surface area contributed by atoms with Gasteiger partial charge >= 0.3 is 40.0 Å². The number of carboxylic acid groups (broad SMARTS) is 1. The Balaban J connectivity index is 0.00000341. The number of rotatable bonds is 6. The molecule has 0 bridgehead atoms. The van der Waals surface area contributed by atoms with Gasteiger partial charge in [0.1, 0.15) is 48.8 Å². The molecule has 3 aliphatic rings. The van der Waals surface area contributed by atoms with Crippen LogP contribution in [0.15, 0.2) is 4.99 Å². The van der Waals surface area contributed by atoms with Gasteiger partial charge in [-0.25, -0.2) is 9.18 Å². The fourth-order valence-electron chi connectivity index (χ4n) is 3.40. The molecule has 5 N–H and O–H groups in total. The van der Waals surface area contributed by atoms with Gasteiger partial charge in [-0.05, 0) is 0 Å². The SMILES string of the molecule is CC1=N[C@H]2[C@@H](O1)O[C@H](CO)[C@H](OS(=O)(=O)O)[C@@H]2O[C@@H]1O[C@H](C(=O)[O-])[C@@H](O)[C@H](O)[C@H]1O.[Na+]. The molecule has 2 fully saturated rings. The molecule has 0 aromatic rings. The Morgan fingerprint density at radius 3 is 2.35 bits per heavy atom. The van der Waals surface area contributed by atoms with E-state index in [-0.39, 0.29) is 35.5 Å². The summed E-state index contributed by atoms with van der Waals surface area (Å²) in [7, 11) is -5.10. The van der Waals surface area contributed by atoms with Crippen molar-refractivity contribution in [3.05, 3.63) is 0 Å². The number of carbonyl (C=O) groups is 1. The number of aliphatic imine (C=N–C) groups is 1. The molecule has 3 aliphatic heterocycles. The van der Waals surface area contributed by atoms with Crippen LogP contribution < -0.4 is 34.7 Å². The van der Waals surface area contributed by atoms with Crippen LogP contribution in [-0.4, -0.2) is 113 Å². The van der Waals surface area contributed by atoms with Crippen molar-refractivity contribution in [2.24, 2.45) is 4.99 Å². The molecule has 0 aliphatic carbocycles. The Bertz CT molecular complexity index is 794. The van der Waals surface area contributed by atoms with Crippen LogP contribution in [0.3, 0.4) is 0 Å². The van der Waals surface area contributed by atoms with E-state index in [4.69, 9.17) is 23.5 Å². The number of aliphatic carboxylic acids is 1. The average Bonchev–Trinajstić information content (AvgIpc) is 3.01. The molecule has 3 rings (SSSR count). The van der Waals surface area contributed by atoms with E-state index in [2.05, 4.69) is 9.18 Å². The number of aliphatic hydroxyl groups excluding tert-OH is 4. The monoisotopic (exact) mass is 481 g/mol. The maximum Gasteiger partial charge on any atom is 1.00 e. The van der Waals surface area contributed by atoms with Gasteiger partial charge < -0.3 is 49.3 Å². The second-order valence-corrected chi connectivity index (χ2v) is 7.84. The molecule has 172 valence electrons. The molecule has 15 nitrogen and oxygen atoms in total. The average molecular weight is 481 g/mol. The summed E-state index contributed by atoms with van der Waals surface area (Å²) in [5, 5.41) is 50.5. The van der Waals surface area contributed by atoms with E-state index in [1.807, 2.05) is 0 Å². The standard InChI is InChI=1S/C14H21NO14S.Na/c1-3-15-5-10(9(29-30(22,23)24)4(2-16)26-13(5)25-3)27-14-8(19)6(17)7(18)11(28-14)12(20)21;/h4-11,13-14,16-19H,2H2,1H3,(H,20,21)(H,22,23,24);/q;+1/p-1/t4-,5-,6+,7+,8-,9+,10-,11+,13+,14-;/m1./s1. The molecular formula is C14H20NNaO14S. The van der Waals surface area contributed by atoms with Crippen LogP contribution >= 0.6 is 0 Å². The Hall–Kier alpha value is -0.470. The van der Waals surface area contributed by atoms with Crippen molar-refractivity contribution in [1.29, 1.82) is 0 Å². The molecule has 0 radical (unpaired) electrons. The molecule has 0 amide bonds. The smallest absolute Gasteiger partial charge is 0.547 e. The predicted molar refractivity (Wildman–Crippen MR) is 86.7 cm³/mol. The summed E-state index contributed by atoms with van der Waals surface area (Å²) < 4.78 is 57.3. The number of fused-ring (bicyclic) bond motifs is 1. The Kier molecular flexibility index (Phi) is 8.82. The van der Waals surface area contributed by atoms with Crippen molar-refractivity contribution >= 4 is 22.3 Å². The molecule has 0 saturated carbocycles. The van der Waals surface area contributed by atoms with Gasteiger partial charge in [-0.3, -0.25) is 4.55 Å². The minimum Gasteiger partial charge on any atom is -0.547 e. The zero-order chi connectivity index (χ0) is 22.4. The van der Waals surface area contributed by atoms with Gasteiger partial charge in [-0.1, -0.05) is 0 Å². The molecular weight excluding hydrogens is 461 g/mol. The molecule has 0 aromatic heterocycles. The number of carboxylic acids is 1. The van der Waals surface area contributed by atoms with Gasteiger partial charge in [0.2, 0.25) is 6.29 Å². The van der Waals surface area contributed by atoms with Gasteiger partial charge in [0.25, 0.3) is 0 Å². The van der Waals surface area contributed by atoms with Crippen molar-refractivity contribution in [1.82, 2.24) is 0 Å². The predicted octanol–water partition coefficient (Wildman–Crippen LogP) is -8.34. The number of ether oxygens (including phenoxy) is 4. The third-order valence-corrected chi connectivity index (χ3v) is 5.20. The van der Waals surface area contributed by atoms with Crippen LogP contribution in [0.4, 0.5) is 0 Å². The van der Waals surface area contributed by atoms with E-state index in [0.717, 1.165) is 0 Å². The fourth-order valence-corrected chi connectivity index (χ4v) is 3.92. The summed E-state index contributed by atoms with van der Waals surface area (Å²) >= 11 is 0. The van der Waals surface area contributed by atoms with Crippen molar-refractivity contribution in [3.63, 3.8) is 0 Å². The first-order valence-electron chi connectivity index (χ1n) is 8.62. The van der Waals surface area contributed by atoms with Crippen LogP contribution in [0.2, 0.25) is 0 Å². The summed E-state index contributed by atoms with van der Waals surface area (Å²) in [5.74, 6) is -1.82. The number of hydrogen-bond donors (Lipinski definition) is 5. The Labute approximate surface area is 197 Å². The molecule has 3 heterocycles. The fraction of sp³-hybridized carbons (Fsp3) is 0.857. The normalized spacial score (nSPS) is 42.7. The third kappa shape index (κ3) is 5.72. The minimum absolute atomic E-state index is 0. The molecule has 0 unspecified atom stereocenters. The molecule has 10 atom stereocenters. The molecule has 31 heavy (non-hydrogen) atoms. The van der Waals surface area contributed by atoms with Gasteiger partial charge in [-0.2, -0.15) is 8.42 Å². The molecule has 2 saturated heterocycles. The number of aliphatic hydroxyl groups is 4. The summed E-state index contributed by atoms with van der Waals surface area (Å²) in [6, 6.07) is -1.15. The van der Waals surface area contributed by atoms with Gasteiger partial charge in [0.05, 0.1) is 12.6 Å². The minimum atomic E-state index is -5.10. The third-order valence-electron chi connectivity index (χ3n) is 4.74. The van der Waals surface area contributed by atoms with Crippen LogP contribution in [-0.2, 0) is 38.3 Å². The zero-order valence-electron chi connectivity index (χ0n) is 16.2. The van der Waals surface area contributed by atoms with Crippen LogP contribution in [0.25, 0.3) is 0 Å². The molecule has 0 aromatic carbocycles. The first kappa shape index (κ1) is 26.8. The van der Waals surface area contributed by atoms with Crippen LogP contribution in [0, 0.1) is 0 Å². The second-order valence-electron chi connectivity index (χ2n) is 6.79. The zero-order valence-corrected chi connectivity index (χ0v) is 19.1. The largest absolute Gasteiger partial charge is 1.00 e. The van der Waals surface area contributed by atoms with E-state index in [1.54, 1.807) is 0 Å². The van der Waals surface area contributed by atoms with Crippen molar-refractivity contribution < 1.29 is 96.0 Å². The van der Waals surface area contributed by atoms with E-state index in [0.29, 0.717) is 0 Å². The number of carbonyl (C=O) groups excluding carboxylic acids is 1. The number of hydrogen-bond acceptors (Lipinski definition) is 14. The van der Waals surface area contributed by atoms with Gasteiger partial charge in [0, 0.05) is 6.92 Å². The van der Waals surface area contributed by atoms with Gasteiger partial charge in [0.15, 0.2) is 12.2 Å². The van der Waals surface area contributed by atoms with Crippen molar-refractivity contribution in [2.75, 3.05) is 6.61 Å². The van der Waals surface area contributed by atoms with Crippen LogP contribution in [0.5, 0.6) is 0 Å². The van der Waals surface area contributed by atoms with Crippen LogP contribution in [0.1, 0.15) is 6.92 Å². The van der Waals surface area contributed by atoms with Crippen molar-refractivity contribution in [3.8, 4) is 0 Å². The Morgan fingerprint density at radius 2 is 1.81 bits per heavy atom. The summed E-state index contributed by atoms with van der Waals surface area (Å²) in [4.78, 5) is 15.2. The summed E-state index contributed by atoms with van der Waals surface area (Å²) in [6.07, 6.45) is -16.0. The quantitative estimate of drug-likeness (QED) is 0.175. The van der Waals surface area contributed by atoms with Crippen molar-refractivity contribution in [2.45, 2.75) is 68.3 Å². The van der Waals surface area contributed by atoms with E-state index < -0.39 is 84.3 Å². The van der Waals surface area contributed by atoms with E-state index in [1.165, 1.54) is 6.92 Å². The second kappa shape index (κ2) is 10.2. The molecule has 0 spiro atoms. The maximum atomic E-state index is 11.3. The maximum absolute atomic E-state index is 11.3. The van der Waals surface area contributed by atoms with Gasteiger partial charge in [-0.15, -0.1) is 0 Å². The summed E-state index contributed by atoms with van der Waals surface area (Å²) in [6.45, 7) is 0.617. The van der Waals surface area contributed by atoms with E-state index in [9.17, 15) is 38.7 Å². The van der Waals surface area contributed by atoms with E-state index >= 15 is 0 Å².